The molecule has 5 rings (SSSR count). The van der Waals surface area contributed by atoms with Gasteiger partial charge in [0.1, 0.15) is 5.75 Å². The fraction of sp³-hybridized carbons (Fsp3) is 0.500. The van der Waals surface area contributed by atoms with E-state index in [0.717, 1.165) is 43.4 Å². The van der Waals surface area contributed by atoms with Gasteiger partial charge in [0.25, 0.3) is 5.91 Å². The van der Waals surface area contributed by atoms with E-state index >= 15 is 0 Å². The summed E-state index contributed by atoms with van der Waals surface area (Å²) in [7, 11) is 0. The highest BCUT2D eigenvalue weighted by Crippen LogP contribution is 2.52. The van der Waals surface area contributed by atoms with Crippen LogP contribution < -0.4 is 9.64 Å². The molecule has 2 aromatic rings. The highest BCUT2D eigenvalue weighted by atomic mass is 19.4. The topological polar surface area (TPSA) is 70.1 Å². The standard InChI is InChI=1S/C28H31F3N2O4/c29-28(30,31)37-20-15-13-18(14-16-20)27(36)33-23-10-2-1-8-21(23)26(22-9-4-11-24(22)33)32(19-6-3-7-19)17-5-12-25(34)35/h1-2,8,10,13-16,19,22,24,26H,3-7,9,11-12,17H2,(H,34,35). The second-order valence-corrected chi connectivity index (χ2v) is 10.2. The zero-order valence-corrected chi connectivity index (χ0v) is 20.5. The number of nitrogens with zero attached hydrogens (tertiary/aromatic N) is 2. The normalized spacial score (nSPS) is 23.4. The molecular formula is C28H31F3N2O4. The van der Waals surface area contributed by atoms with Crippen LogP contribution in [0.3, 0.4) is 0 Å². The number of carboxylic acid groups (broad SMARTS) is 1. The fourth-order valence-corrected chi connectivity index (χ4v) is 6.33. The molecule has 0 aromatic heterocycles. The Morgan fingerprint density at radius 1 is 1.00 bits per heavy atom. The molecule has 1 aliphatic heterocycles. The van der Waals surface area contributed by atoms with Gasteiger partial charge >= 0.3 is 12.3 Å². The highest BCUT2D eigenvalue weighted by Gasteiger charge is 2.49. The molecule has 0 radical (unpaired) electrons. The summed E-state index contributed by atoms with van der Waals surface area (Å²) < 4.78 is 41.7. The second kappa shape index (κ2) is 10.4. The summed E-state index contributed by atoms with van der Waals surface area (Å²) in [5.41, 5.74) is 2.21. The lowest BCUT2D eigenvalue weighted by Crippen LogP contribution is -2.54. The quantitative estimate of drug-likeness (QED) is 0.454. The van der Waals surface area contributed by atoms with Crippen molar-refractivity contribution in [2.75, 3.05) is 11.4 Å². The summed E-state index contributed by atoms with van der Waals surface area (Å²) in [4.78, 5) is 29.4. The Morgan fingerprint density at radius 2 is 1.70 bits per heavy atom. The number of fused-ring (bicyclic) bond motifs is 2. The van der Waals surface area contributed by atoms with Crippen LogP contribution >= 0.6 is 0 Å². The molecule has 0 spiro atoms. The van der Waals surface area contributed by atoms with Gasteiger partial charge in [-0.2, -0.15) is 0 Å². The summed E-state index contributed by atoms with van der Waals surface area (Å²) in [5.74, 6) is -1.18. The number of carbonyl (C=O) groups is 2. The maximum absolute atomic E-state index is 13.8. The number of aliphatic carboxylic acids is 1. The molecule has 2 aliphatic carbocycles. The average molecular weight is 517 g/mol. The van der Waals surface area contributed by atoms with Crippen LogP contribution in [0.1, 0.15) is 73.3 Å². The Labute approximate surface area is 214 Å². The van der Waals surface area contributed by atoms with Crippen molar-refractivity contribution < 1.29 is 32.6 Å². The Hall–Kier alpha value is -3.07. The van der Waals surface area contributed by atoms with E-state index in [2.05, 4.69) is 15.7 Å². The summed E-state index contributed by atoms with van der Waals surface area (Å²) in [6.07, 6.45) is 2.08. The summed E-state index contributed by atoms with van der Waals surface area (Å²) >= 11 is 0. The molecule has 3 atom stereocenters. The van der Waals surface area contributed by atoms with Crippen LogP contribution in [-0.4, -0.2) is 46.9 Å². The minimum absolute atomic E-state index is 0.0273. The van der Waals surface area contributed by atoms with Crippen molar-refractivity contribution in [3.05, 3.63) is 59.7 Å². The van der Waals surface area contributed by atoms with Gasteiger partial charge in [-0.1, -0.05) is 31.0 Å². The van der Waals surface area contributed by atoms with Gasteiger partial charge < -0.3 is 14.7 Å². The molecule has 3 aliphatic rings. The first-order chi connectivity index (χ1) is 17.7. The Kier molecular flexibility index (Phi) is 7.16. The van der Waals surface area contributed by atoms with E-state index in [4.69, 9.17) is 0 Å². The summed E-state index contributed by atoms with van der Waals surface area (Å²) in [5, 5.41) is 9.21. The highest BCUT2D eigenvalue weighted by molar-refractivity contribution is 6.07. The van der Waals surface area contributed by atoms with E-state index in [-0.39, 0.29) is 36.1 Å². The van der Waals surface area contributed by atoms with Crippen molar-refractivity contribution in [2.24, 2.45) is 5.92 Å². The van der Waals surface area contributed by atoms with Crippen molar-refractivity contribution >= 4 is 17.6 Å². The molecule has 6 nitrogen and oxygen atoms in total. The van der Waals surface area contributed by atoms with Gasteiger partial charge in [0.05, 0.1) is 0 Å². The third-order valence-corrected chi connectivity index (χ3v) is 8.05. The number of halogens is 3. The van der Waals surface area contributed by atoms with Gasteiger partial charge in [0, 0.05) is 35.8 Å². The van der Waals surface area contributed by atoms with Crippen LogP contribution in [0.2, 0.25) is 0 Å². The minimum Gasteiger partial charge on any atom is -0.481 e. The van der Waals surface area contributed by atoms with Crippen LogP contribution in [0.15, 0.2) is 48.5 Å². The number of ether oxygens (including phenoxy) is 1. The SMILES string of the molecule is O=C(O)CCCN(C1CCC1)C1c2ccccc2N(C(=O)c2ccc(OC(F)(F)F)cc2)C2CCCC21. The Bertz CT molecular complexity index is 1130. The predicted molar refractivity (Wildman–Crippen MR) is 131 cm³/mol. The van der Waals surface area contributed by atoms with Gasteiger partial charge in [-0.15, -0.1) is 13.2 Å². The first-order valence-electron chi connectivity index (χ1n) is 13.0. The third-order valence-electron chi connectivity index (χ3n) is 8.05. The number of benzene rings is 2. The molecule has 2 fully saturated rings. The summed E-state index contributed by atoms with van der Waals surface area (Å²) in [6.45, 7) is 0.702. The molecule has 1 amide bonds. The number of rotatable bonds is 8. The number of amides is 1. The van der Waals surface area contributed by atoms with E-state index in [1.165, 1.54) is 30.7 Å². The lowest BCUT2D eigenvalue weighted by molar-refractivity contribution is -0.274. The van der Waals surface area contributed by atoms with Crippen molar-refractivity contribution in [2.45, 2.75) is 75.9 Å². The maximum atomic E-state index is 13.8. The molecule has 9 heteroatoms. The molecule has 3 unspecified atom stereocenters. The summed E-state index contributed by atoms with van der Waals surface area (Å²) in [6, 6.07) is 13.5. The lowest BCUT2D eigenvalue weighted by atomic mass is 9.78. The first kappa shape index (κ1) is 25.6. The molecule has 0 bridgehead atoms. The zero-order valence-electron chi connectivity index (χ0n) is 20.5. The number of carboxylic acids is 1. The largest absolute Gasteiger partial charge is 0.573 e. The molecule has 1 N–H and O–H groups in total. The van der Waals surface area contributed by atoms with E-state index < -0.39 is 12.3 Å². The van der Waals surface area contributed by atoms with Crippen LogP contribution in [0, 0.1) is 5.92 Å². The second-order valence-electron chi connectivity index (χ2n) is 10.2. The van der Waals surface area contributed by atoms with Gasteiger partial charge in [0.15, 0.2) is 0 Å². The number of hydrogen-bond acceptors (Lipinski definition) is 4. The zero-order chi connectivity index (χ0) is 26.2. The molecule has 2 saturated carbocycles. The number of anilines is 1. The van der Waals surface area contributed by atoms with Gasteiger partial charge in [-0.05, 0) is 80.5 Å². The smallest absolute Gasteiger partial charge is 0.481 e. The first-order valence-corrected chi connectivity index (χ1v) is 13.0. The molecule has 37 heavy (non-hydrogen) atoms. The number of alkyl halides is 3. The number of para-hydroxylation sites is 1. The van der Waals surface area contributed by atoms with Crippen molar-refractivity contribution in [1.82, 2.24) is 4.90 Å². The number of hydrogen-bond donors (Lipinski definition) is 1. The van der Waals surface area contributed by atoms with Crippen LogP contribution in [-0.2, 0) is 4.79 Å². The van der Waals surface area contributed by atoms with E-state index in [9.17, 15) is 27.9 Å². The van der Waals surface area contributed by atoms with Crippen molar-refractivity contribution in [3.8, 4) is 5.75 Å². The van der Waals surface area contributed by atoms with Crippen LogP contribution in [0.5, 0.6) is 5.75 Å². The van der Waals surface area contributed by atoms with Gasteiger partial charge in [0.2, 0.25) is 0 Å². The van der Waals surface area contributed by atoms with Crippen LogP contribution in [0.25, 0.3) is 0 Å². The average Bonchev–Trinajstić information content (AvgIpc) is 3.29. The molecule has 198 valence electrons. The molecule has 1 heterocycles. The maximum Gasteiger partial charge on any atom is 0.573 e. The predicted octanol–water partition coefficient (Wildman–Crippen LogP) is 6.17. The van der Waals surface area contributed by atoms with E-state index in [1.807, 2.05) is 23.1 Å². The lowest BCUT2D eigenvalue weighted by Gasteiger charge is -2.51. The van der Waals surface area contributed by atoms with Crippen molar-refractivity contribution in [3.63, 3.8) is 0 Å². The monoisotopic (exact) mass is 516 g/mol. The molecule has 2 aromatic carbocycles. The minimum atomic E-state index is -4.79. The number of carbonyl (C=O) groups excluding carboxylic acids is 1. The van der Waals surface area contributed by atoms with Crippen molar-refractivity contribution in [1.29, 1.82) is 0 Å². The Morgan fingerprint density at radius 3 is 2.35 bits per heavy atom. The van der Waals surface area contributed by atoms with E-state index in [1.54, 1.807) is 0 Å². The fourth-order valence-electron chi connectivity index (χ4n) is 6.33. The van der Waals surface area contributed by atoms with Crippen LogP contribution in [0.4, 0.5) is 18.9 Å². The molecule has 0 saturated heterocycles. The molecular weight excluding hydrogens is 485 g/mol. The van der Waals surface area contributed by atoms with Gasteiger partial charge in [-0.25, -0.2) is 0 Å². The third kappa shape index (κ3) is 5.32. The van der Waals surface area contributed by atoms with E-state index in [0.29, 0.717) is 24.6 Å². The van der Waals surface area contributed by atoms with Gasteiger partial charge in [-0.3, -0.25) is 14.5 Å². The Balaban J connectivity index is 1.47.